The summed E-state index contributed by atoms with van der Waals surface area (Å²) < 4.78 is 0. The summed E-state index contributed by atoms with van der Waals surface area (Å²) in [6.45, 7) is 11.6. The number of nitrogen functional groups attached to an aromatic ring is 2. The quantitative estimate of drug-likeness (QED) is 0.0520. The van der Waals surface area contributed by atoms with Crippen LogP contribution in [0.25, 0.3) is 0 Å². The van der Waals surface area contributed by atoms with Gasteiger partial charge in [-0.15, -0.1) is 0 Å². The maximum Gasteiger partial charge on any atom is 0.0316 e. The molecule has 0 saturated heterocycles. The Balaban J connectivity index is 1.43. The van der Waals surface area contributed by atoms with Gasteiger partial charge in [-0.05, 0) is 120 Å². The Morgan fingerprint density at radius 2 is 0.845 bits per heavy atom. The molecule has 3 unspecified atom stereocenters. The number of unbranched alkanes of at least 4 members (excludes halogenated alkanes) is 10. The lowest BCUT2D eigenvalue weighted by Crippen LogP contribution is -2.18. The third-order valence-electron chi connectivity index (χ3n) is 14.2. The van der Waals surface area contributed by atoms with Crippen molar-refractivity contribution in [3.05, 3.63) is 129 Å². The number of aryl methyl sites for hydroxylation is 2. The van der Waals surface area contributed by atoms with Crippen molar-refractivity contribution in [3.8, 4) is 0 Å². The molecule has 1 aliphatic carbocycles. The first kappa shape index (κ1) is 45.6. The normalized spacial score (nSPS) is 15.6. The fourth-order valence-electron chi connectivity index (χ4n) is 10.6. The van der Waals surface area contributed by atoms with E-state index >= 15 is 0 Å². The molecule has 0 aromatic heterocycles. The fraction of sp³-hybridized carbons (Fsp3) is 0.571. The third kappa shape index (κ3) is 13.5. The molecule has 0 amide bonds. The van der Waals surface area contributed by atoms with Gasteiger partial charge in [0.1, 0.15) is 0 Å². The van der Waals surface area contributed by atoms with Crippen LogP contribution in [-0.2, 0) is 0 Å². The van der Waals surface area contributed by atoms with Gasteiger partial charge in [-0.1, -0.05) is 197 Å². The van der Waals surface area contributed by atoms with E-state index in [1.54, 1.807) is 0 Å². The Morgan fingerprint density at radius 3 is 1.24 bits per heavy atom. The lowest BCUT2D eigenvalue weighted by molar-refractivity contribution is 0.225. The molecule has 0 bridgehead atoms. The standard InChI is InChI=1S/C56H82N2/c1-6-9-11-13-15-20-24-55(52-38-35-50(57)40-42(52)4)48-30-26-46(27-31-48)54(37-34-44(8-3)45-22-18-17-19-23-45)47-28-32-49(33-29-47)56(25-21-16-14-12-10-7-2)53-39-36-51(58)41-43(53)5/h26-33,35-36,38-41,44-45,54-56H,6-25,34,37,57-58H2,1-5H3. The van der Waals surface area contributed by atoms with Crippen LogP contribution < -0.4 is 11.5 Å². The Labute approximate surface area is 356 Å². The van der Waals surface area contributed by atoms with Crippen molar-refractivity contribution in [2.24, 2.45) is 11.8 Å². The van der Waals surface area contributed by atoms with E-state index in [9.17, 15) is 0 Å². The number of hydrogen-bond donors (Lipinski definition) is 2. The zero-order chi connectivity index (χ0) is 41.1. The molecule has 4 aromatic carbocycles. The maximum atomic E-state index is 6.25. The van der Waals surface area contributed by atoms with Gasteiger partial charge in [0.05, 0.1) is 0 Å². The molecule has 4 aromatic rings. The van der Waals surface area contributed by atoms with E-state index in [-0.39, 0.29) is 0 Å². The fourth-order valence-corrected chi connectivity index (χ4v) is 10.6. The molecule has 316 valence electrons. The zero-order valence-electron chi connectivity index (χ0n) is 37.7. The molecule has 0 radical (unpaired) electrons. The first-order valence-electron chi connectivity index (χ1n) is 24.2. The molecule has 2 nitrogen and oxygen atoms in total. The molecule has 1 aliphatic rings. The summed E-state index contributed by atoms with van der Waals surface area (Å²) in [5, 5.41) is 0. The van der Waals surface area contributed by atoms with Gasteiger partial charge in [-0.25, -0.2) is 0 Å². The first-order chi connectivity index (χ1) is 28.3. The maximum absolute atomic E-state index is 6.25. The molecular weight excluding hydrogens is 701 g/mol. The molecule has 2 heteroatoms. The minimum Gasteiger partial charge on any atom is -0.399 e. The van der Waals surface area contributed by atoms with Gasteiger partial charge in [0, 0.05) is 29.1 Å². The van der Waals surface area contributed by atoms with Crippen LogP contribution in [0.2, 0.25) is 0 Å². The van der Waals surface area contributed by atoms with Crippen LogP contribution >= 0.6 is 0 Å². The third-order valence-corrected chi connectivity index (χ3v) is 14.2. The van der Waals surface area contributed by atoms with Gasteiger partial charge in [0.15, 0.2) is 0 Å². The average molecular weight is 783 g/mol. The van der Waals surface area contributed by atoms with Crippen molar-refractivity contribution in [1.29, 1.82) is 0 Å². The van der Waals surface area contributed by atoms with Crippen LogP contribution in [-0.4, -0.2) is 0 Å². The number of hydrogen-bond acceptors (Lipinski definition) is 2. The van der Waals surface area contributed by atoms with Crippen molar-refractivity contribution in [1.82, 2.24) is 0 Å². The van der Waals surface area contributed by atoms with E-state index in [0.717, 1.165) is 23.2 Å². The number of anilines is 2. The van der Waals surface area contributed by atoms with Gasteiger partial charge in [-0.3, -0.25) is 0 Å². The van der Waals surface area contributed by atoms with Gasteiger partial charge in [0.2, 0.25) is 0 Å². The lowest BCUT2D eigenvalue weighted by atomic mass is 9.74. The van der Waals surface area contributed by atoms with Gasteiger partial charge in [-0.2, -0.15) is 0 Å². The topological polar surface area (TPSA) is 52.0 Å². The van der Waals surface area contributed by atoms with E-state index < -0.39 is 0 Å². The van der Waals surface area contributed by atoms with Gasteiger partial charge >= 0.3 is 0 Å². The second kappa shape index (κ2) is 24.5. The zero-order valence-corrected chi connectivity index (χ0v) is 37.7. The summed E-state index contributed by atoms with van der Waals surface area (Å²) >= 11 is 0. The van der Waals surface area contributed by atoms with Crippen LogP contribution in [0.3, 0.4) is 0 Å². The Hall–Kier alpha value is -3.52. The highest BCUT2D eigenvalue weighted by molar-refractivity contribution is 5.50. The highest BCUT2D eigenvalue weighted by atomic mass is 14.5. The highest BCUT2D eigenvalue weighted by Crippen LogP contribution is 2.41. The second-order valence-electron chi connectivity index (χ2n) is 18.5. The second-order valence-corrected chi connectivity index (χ2v) is 18.5. The van der Waals surface area contributed by atoms with Crippen molar-refractivity contribution in [3.63, 3.8) is 0 Å². The number of nitrogens with two attached hydrogens (primary N) is 2. The SMILES string of the molecule is CCCCCCCCC(c1ccc(C(CCC(CC)C2CCCCC2)c2ccc(C(CCCCCCCC)c3ccc(N)cc3C)cc2)cc1)c1ccc(N)cc1C. The van der Waals surface area contributed by atoms with Gasteiger partial charge in [0.25, 0.3) is 0 Å². The van der Waals surface area contributed by atoms with E-state index in [1.165, 1.54) is 186 Å². The highest BCUT2D eigenvalue weighted by Gasteiger charge is 2.26. The molecule has 0 heterocycles. The van der Waals surface area contributed by atoms with Crippen molar-refractivity contribution in [2.45, 2.75) is 194 Å². The van der Waals surface area contributed by atoms with Crippen LogP contribution in [0, 0.1) is 25.7 Å². The van der Waals surface area contributed by atoms with E-state index in [4.69, 9.17) is 11.5 Å². The van der Waals surface area contributed by atoms with Crippen molar-refractivity contribution >= 4 is 11.4 Å². The van der Waals surface area contributed by atoms with Gasteiger partial charge < -0.3 is 11.5 Å². The Bertz CT molecular complexity index is 1610. The number of rotatable bonds is 25. The monoisotopic (exact) mass is 783 g/mol. The van der Waals surface area contributed by atoms with Crippen molar-refractivity contribution < 1.29 is 0 Å². The van der Waals surface area contributed by atoms with Crippen LogP contribution in [0.4, 0.5) is 11.4 Å². The molecule has 3 atom stereocenters. The van der Waals surface area contributed by atoms with Crippen LogP contribution in [0.15, 0.2) is 84.9 Å². The average Bonchev–Trinajstić information content (AvgIpc) is 3.23. The lowest BCUT2D eigenvalue weighted by Gasteiger charge is -2.31. The summed E-state index contributed by atoms with van der Waals surface area (Å²) in [6, 6.07) is 33.0. The Morgan fingerprint density at radius 1 is 0.448 bits per heavy atom. The molecule has 4 N–H and O–H groups in total. The minimum atomic E-state index is 0.395. The molecule has 5 rings (SSSR count). The van der Waals surface area contributed by atoms with Crippen LogP contribution in [0.1, 0.15) is 224 Å². The molecule has 1 saturated carbocycles. The summed E-state index contributed by atoms with van der Waals surface area (Å²) in [4.78, 5) is 0. The predicted molar refractivity (Wildman–Crippen MR) is 255 cm³/mol. The molecule has 0 aliphatic heterocycles. The van der Waals surface area contributed by atoms with Crippen LogP contribution in [0.5, 0.6) is 0 Å². The summed E-state index contributed by atoms with van der Waals surface area (Å²) in [6.07, 6.45) is 29.2. The van der Waals surface area contributed by atoms with E-state index in [0.29, 0.717) is 17.8 Å². The van der Waals surface area contributed by atoms with E-state index in [2.05, 4.69) is 120 Å². The first-order valence-corrected chi connectivity index (χ1v) is 24.2. The number of benzene rings is 4. The molecule has 0 spiro atoms. The summed E-state index contributed by atoms with van der Waals surface area (Å²) in [5.41, 5.74) is 25.6. The molecule has 58 heavy (non-hydrogen) atoms. The van der Waals surface area contributed by atoms with Crippen molar-refractivity contribution in [2.75, 3.05) is 11.5 Å². The summed E-state index contributed by atoms with van der Waals surface area (Å²) in [5.74, 6) is 2.92. The smallest absolute Gasteiger partial charge is 0.0316 e. The largest absolute Gasteiger partial charge is 0.399 e. The Kier molecular flexibility index (Phi) is 19.3. The minimum absolute atomic E-state index is 0.395. The molecular formula is C56H82N2. The predicted octanol–water partition coefficient (Wildman–Crippen LogP) is 16.8. The molecule has 1 fully saturated rings. The summed E-state index contributed by atoms with van der Waals surface area (Å²) in [7, 11) is 0. The van der Waals surface area contributed by atoms with E-state index in [1.807, 2.05) is 0 Å².